The van der Waals surface area contributed by atoms with Crippen molar-refractivity contribution in [3.05, 3.63) is 12.2 Å². The lowest BCUT2D eigenvalue weighted by Gasteiger charge is -2.19. The molecule has 0 bridgehead atoms. The highest BCUT2D eigenvalue weighted by molar-refractivity contribution is 5.19. The molecule has 0 aliphatic carbocycles. The van der Waals surface area contributed by atoms with Crippen molar-refractivity contribution in [1.29, 1.82) is 0 Å². The van der Waals surface area contributed by atoms with E-state index in [-0.39, 0.29) is 10.8 Å². The van der Waals surface area contributed by atoms with Crippen molar-refractivity contribution in [3.8, 4) is 11.8 Å². The van der Waals surface area contributed by atoms with Gasteiger partial charge in [0, 0.05) is 5.41 Å². The van der Waals surface area contributed by atoms with Gasteiger partial charge in [0.1, 0.15) is 0 Å². The van der Waals surface area contributed by atoms with Crippen LogP contribution in [0.4, 0.5) is 0 Å². The molecule has 0 aromatic carbocycles. The van der Waals surface area contributed by atoms with E-state index in [0.717, 1.165) is 6.42 Å². The topological polar surface area (TPSA) is 26.0 Å². The van der Waals surface area contributed by atoms with Crippen molar-refractivity contribution in [2.45, 2.75) is 41.0 Å². The number of allylic oxidation sites excluding steroid dienone is 2. The summed E-state index contributed by atoms with van der Waals surface area (Å²) in [5, 5.41) is 0. The van der Waals surface area contributed by atoms with E-state index >= 15 is 0 Å². The van der Waals surface area contributed by atoms with Crippen LogP contribution in [0, 0.1) is 22.7 Å². The van der Waals surface area contributed by atoms with Gasteiger partial charge in [0.2, 0.25) is 0 Å². The Morgan fingerprint density at radius 2 is 1.71 bits per heavy atom. The van der Waals surface area contributed by atoms with Crippen molar-refractivity contribution in [2.75, 3.05) is 6.54 Å². The van der Waals surface area contributed by atoms with Gasteiger partial charge in [-0.2, -0.15) is 0 Å². The van der Waals surface area contributed by atoms with E-state index in [1.165, 1.54) is 0 Å². The maximum atomic E-state index is 5.62. The van der Waals surface area contributed by atoms with E-state index in [1.807, 2.05) is 6.08 Å². The highest BCUT2D eigenvalue weighted by Crippen LogP contribution is 2.18. The predicted molar refractivity (Wildman–Crippen MR) is 63.8 cm³/mol. The lowest BCUT2D eigenvalue weighted by atomic mass is 9.89. The van der Waals surface area contributed by atoms with Crippen LogP contribution in [0.15, 0.2) is 12.2 Å². The largest absolute Gasteiger partial charge is 0.330 e. The van der Waals surface area contributed by atoms with Crippen molar-refractivity contribution in [1.82, 2.24) is 0 Å². The Kier molecular flexibility index (Phi) is 4.94. The summed E-state index contributed by atoms with van der Waals surface area (Å²) < 4.78 is 0. The first kappa shape index (κ1) is 13.3. The molecule has 2 N–H and O–H groups in total. The van der Waals surface area contributed by atoms with Gasteiger partial charge in [0.25, 0.3) is 0 Å². The smallest absolute Gasteiger partial charge is 0.0233 e. The quantitative estimate of drug-likeness (QED) is 0.685. The Morgan fingerprint density at radius 1 is 1.14 bits per heavy atom. The Balaban J connectivity index is 4.02. The first-order valence-corrected chi connectivity index (χ1v) is 5.15. The van der Waals surface area contributed by atoms with Crippen LogP contribution in [0.3, 0.4) is 0 Å². The predicted octanol–water partition coefficient (Wildman–Crippen LogP) is 2.97. The molecule has 0 unspecified atom stereocenters. The number of hydrogen-bond donors (Lipinski definition) is 1. The summed E-state index contributed by atoms with van der Waals surface area (Å²) in [6.45, 7) is 11.4. The number of nitrogens with two attached hydrogens (primary N) is 1. The molecule has 0 aliphatic heterocycles. The minimum Gasteiger partial charge on any atom is -0.330 e. The Hall–Kier alpha value is -0.740. The van der Waals surface area contributed by atoms with Crippen LogP contribution in [0.1, 0.15) is 41.0 Å². The minimum atomic E-state index is 0.0910. The zero-order chi connectivity index (χ0) is 11.2. The van der Waals surface area contributed by atoms with E-state index in [0.29, 0.717) is 6.54 Å². The Labute approximate surface area is 88.8 Å². The van der Waals surface area contributed by atoms with Gasteiger partial charge >= 0.3 is 0 Å². The number of hydrogen-bond acceptors (Lipinski definition) is 1. The molecule has 0 radical (unpaired) electrons. The molecule has 1 heteroatoms. The zero-order valence-corrected chi connectivity index (χ0v) is 10.1. The monoisotopic (exact) mass is 193 g/mol. The summed E-state index contributed by atoms with van der Waals surface area (Å²) in [7, 11) is 0. The van der Waals surface area contributed by atoms with Crippen LogP contribution < -0.4 is 5.73 Å². The van der Waals surface area contributed by atoms with Gasteiger partial charge in [-0.3, -0.25) is 0 Å². The van der Waals surface area contributed by atoms with E-state index in [9.17, 15) is 0 Å². The van der Waals surface area contributed by atoms with Crippen LogP contribution in [0.25, 0.3) is 0 Å². The summed E-state index contributed by atoms with van der Waals surface area (Å²) in [5.74, 6) is 6.21. The highest BCUT2D eigenvalue weighted by Gasteiger charge is 2.12. The molecular weight excluding hydrogens is 170 g/mol. The molecule has 80 valence electrons. The summed E-state index contributed by atoms with van der Waals surface area (Å²) in [6.07, 6.45) is 5.02. The SMILES string of the molecule is CC(C)(C)C#C/C=C/CC(C)(C)CN. The molecule has 0 amide bonds. The summed E-state index contributed by atoms with van der Waals surface area (Å²) in [5.41, 5.74) is 5.91. The van der Waals surface area contributed by atoms with Crippen molar-refractivity contribution >= 4 is 0 Å². The average Bonchev–Trinajstić information content (AvgIpc) is 2.01. The van der Waals surface area contributed by atoms with Crippen LogP contribution in [-0.2, 0) is 0 Å². The number of rotatable bonds is 3. The van der Waals surface area contributed by atoms with E-state index in [4.69, 9.17) is 5.73 Å². The molecule has 0 rings (SSSR count). The normalized spacial score (nSPS) is 12.7. The van der Waals surface area contributed by atoms with Crippen LogP contribution in [0.5, 0.6) is 0 Å². The first-order chi connectivity index (χ1) is 6.27. The zero-order valence-electron chi connectivity index (χ0n) is 10.1. The van der Waals surface area contributed by atoms with Crippen molar-refractivity contribution < 1.29 is 0 Å². The standard InChI is InChI=1S/C13H23N/c1-12(2,3)9-7-6-8-10-13(4,5)11-14/h6,8H,10-11,14H2,1-5H3/b8-6+. The molecule has 14 heavy (non-hydrogen) atoms. The van der Waals surface area contributed by atoms with Crippen LogP contribution in [0.2, 0.25) is 0 Å². The average molecular weight is 193 g/mol. The van der Waals surface area contributed by atoms with Crippen LogP contribution >= 0.6 is 0 Å². The summed E-state index contributed by atoms with van der Waals surface area (Å²) in [4.78, 5) is 0. The van der Waals surface area contributed by atoms with Crippen LogP contribution in [-0.4, -0.2) is 6.54 Å². The second-order valence-electron chi connectivity index (χ2n) is 5.49. The Bertz CT molecular complexity index is 243. The Morgan fingerprint density at radius 3 is 2.14 bits per heavy atom. The maximum absolute atomic E-state index is 5.62. The van der Waals surface area contributed by atoms with Crippen molar-refractivity contribution in [2.24, 2.45) is 16.6 Å². The van der Waals surface area contributed by atoms with Gasteiger partial charge in [-0.1, -0.05) is 31.8 Å². The lowest BCUT2D eigenvalue weighted by molar-refractivity contribution is 0.385. The van der Waals surface area contributed by atoms with Gasteiger partial charge in [-0.25, -0.2) is 0 Å². The fraction of sp³-hybridized carbons (Fsp3) is 0.692. The molecular formula is C13H23N. The van der Waals surface area contributed by atoms with Gasteiger partial charge in [0.05, 0.1) is 0 Å². The molecule has 0 aromatic rings. The molecule has 0 aliphatic rings. The van der Waals surface area contributed by atoms with Gasteiger partial charge in [0.15, 0.2) is 0 Å². The van der Waals surface area contributed by atoms with Crippen molar-refractivity contribution in [3.63, 3.8) is 0 Å². The molecule has 0 spiro atoms. The third kappa shape index (κ3) is 7.89. The fourth-order valence-corrected chi connectivity index (χ4v) is 0.778. The molecule has 1 nitrogen and oxygen atoms in total. The van der Waals surface area contributed by atoms with Gasteiger partial charge in [-0.05, 0) is 45.2 Å². The van der Waals surface area contributed by atoms with E-state index in [2.05, 4.69) is 52.5 Å². The molecule has 0 saturated heterocycles. The summed E-state index contributed by atoms with van der Waals surface area (Å²) in [6, 6.07) is 0. The second-order valence-corrected chi connectivity index (χ2v) is 5.49. The maximum Gasteiger partial charge on any atom is 0.0233 e. The van der Waals surface area contributed by atoms with E-state index < -0.39 is 0 Å². The lowest BCUT2D eigenvalue weighted by Crippen LogP contribution is -2.22. The van der Waals surface area contributed by atoms with E-state index in [1.54, 1.807) is 0 Å². The molecule has 0 fully saturated rings. The summed E-state index contributed by atoms with van der Waals surface area (Å²) >= 11 is 0. The third-order valence-electron chi connectivity index (χ3n) is 1.87. The highest BCUT2D eigenvalue weighted by atomic mass is 14.6. The minimum absolute atomic E-state index is 0.0910. The first-order valence-electron chi connectivity index (χ1n) is 5.15. The molecule has 0 aromatic heterocycles. The van der Waals surface area contributed by atoms with Gasteiger partial charge in [-0.15, -0.1) is 0 Å². The molecule has 0 atom stereocenters. The third-order valence-corrected chi connectivity index (χ3v) is 1.87. The molecule has 0 heterocycles. The second kappa shape index (κ2) is 5.22. The fourth-order valence-electron chi connectivity index (χ4n) is 0.778. The molecule has 0 saturated carbocycles. The van der Waals surface area contributed by atoms with Gasteiger partial charge < -0.3 is 5.73 Å².